The Balaban J connectivity index is 1.75. The molecule has 162 valence electrons. The van der Waals surface area contributed by atoms with Gasteiger partial charge in [0.15, 0.2) is 12.2 Å². The SMILES string of the molecule is CC(C)(Oc1ccc(Cl)cc1)C(=O)OCC(=O)NCCc1ccc(S(N)(=O)=O)cc1. The zero-order valence-electron chi connectivity index (χ0n) is 16.6. The molecule has 0 aliphatic heterocycles. The predicted molar refractivity (Wildman–Crippen MR) is 112 cm³/mol. The summed E-state index contributed by atoms with van der Waals surface area (Å²) in [5, 5.41) is 8.21. The minimum Gasteiger partial charge on any atom is -0.476 e. The van der Waals surface area contributed by atoms with E-state index in [9.17, 15) is 18.0 Å². The average molecular weight is 455 g/mol. The number of sulfonamides is 1. The molecule has 0 bridgehead atoms. The van der Waals surface area contributed by atoms with Crippen LogP contribution in [0.2, 0.25) is 5.02 Å². The van der Waals surface area contributed by atoms with Crippen LogP contribution in [0.4, 0.5) is 0 Å². The Hall–Kier alpha value is -2.62. The molecule has 1 amide bonds. The van der Waals surface area contributed by atoms with E-state index in [1.54, 1.807) is 36.4 Å². The van der Waals surface area contributed by atoms with Gasteiger partial charge in [-0.25, -0.2) is 18.4 Å². The summed E-state index contributed by atoms with van der Waals surface area (Å²) in [5.74, 6) is -0.711. The first-order valence-corrected chi connectivity index (χ1v) is 10.9. The highest BCUT2D eigenvalue weighted by Crippen LogP contribution is 2.21. The first-order valence-electron chi connectivity index (χ1n) is 8.97. The summed E-state index contributed by atoms with van der Waals surface area (Å²) in [4.78, 5) is 24.2. The molecule has 2 aromatic rings. The molecule has 0 unspecified atom stereocenters. The van der Waals surface area contributed by atoms with Crippen molar-refractivity contribution in [3.8, 4) is 5.75 Å². The second-order valence-corrected chi connectivity index (χ2v) is 8.93. The van der Waals surface area contributed by atoms with Gasteiger partial charge in [0, 0.05) is 11.6 Å². The molecule has 0 saturated heterocycles. The number of halogens is 1. The van der Waals surface area contributed by atoms with Crippen molar-refractivity contribution in [1.82, 2.24) is 5.32 Å². The number of hydrogen-bond acceptors (Lipinski definition) is 6. The molecular formula is C20H23ClN2O6S. The topological polar surface area (TPSA) is 125 Å². The van der Waals surface area contributed by atoms with Gasteiger partial charge < -0.3 is 14.8 Å². The molecule has 0 atom stereocenters. The maximum Gasteiger partial charge on any atom is 0.350 e. The fourth-order valence-corrected chi connectivity index (χ4v) is 3.03. The van der Waals surface area contributed by atoms with Crippen LogP contribution in [0.1, 0.15) is 19.4 Å². The quantitative estimate of drug-likeness (QED) is 0.558. The molecule has 3 N–H and O–H groups in total. The Kier molecular flexibility index (Phi) is 7.83. The van der Waals surface area contributed by atoms with Gasteiger partial charge in [0.25, 0.3) is 5.91 Å². The summed E-state index contributed by atoms with van der Waals surface area (Å²) in [6.07, 6.45) is 0.468. The van der Waals surface area contributed by atoms with Crippen molar-refractivity contribution in [3.63, 3.8) is 0 Å². The third kappa shape index (κ3) is 7.33. The average Bonchev–Trinajstić information content (AvgIpc) is 2.67. The van der Waals surface area contributed by atoms with Gasteiger partial charge in [-0.05, 0) is 62.2 Å². The maximum atomic E-state index is 12.2. The molecule has 0 heterocycles. The largest absolute Gasteiger partial charge is 0.476 e. The van der Waals surface area contributed by atoms with Gasteiger partial charge >= 0.3 is 5.97 Å². The molecule has 0 saturated carbocycles. The van der Waals surface area contributed by atoms with Crippen molar-refractivity contribution in [2.45, 2.75) is 30.8 Å². The van der Waals surface area contributed by atoms with E-state index in [0.29, 0.717) is 17.2 Å². The molecule has 0 aliphatic rings. The van der Waals surface area contributed by atoms with Gasteiger partial charge in [0.05, 0.1) is 4.90 Å². The van der Waals surface area contributed by atoms with Crippen molar-refractivity contribution in [2.24, 2.45) is 5.14 Å². The van der Waals surface area contributed by atoms with E-state index in [1.165, 1.54) is 26.0 Å². The standard InChI is InChI=1S/C20H23ClN2O6S/c1-20(2,29-16-7-5-15(21)6-8-16)19(25)28-13-18(24)23-12-11-14-3-9-17(10-4-14)30(22,26)27/h3-10H,11-13H2,1-2H3,(H,23,24)(H2,22,26,27). The summed E-state index contributed by atoms with van der Waals surface area (Å²) in [5.41, 5.74) is -0.476. The summed E-state index contributed by atoms with van der Waals surface area (Å²) < 4.78 is 33.1. The third-order valence-corrected chi connectivity index (χ3v) is 5.18. The number of primary sulfonamides is 1. The van der Waals surface area contributed by atoms with Crippen LogP contribution < -0.4 is 15.2 Å². The second kappa shape index (κ2) is 9.92. The monoisotopic (exact) mass is 454 g/mol. The molecule has 10 heteroatoms. The summed E-state index contributed by atoms with van der Waals surface area (Å²) >= 11 is 5.81. The molecule has 30 heavy (non-hydrogen) atoms. The normalized spacial score (nSPS) is 11.6. The first-order chi connectivity index (χ1) is 14.0. The highest BCUT2D eigenvalue weighted by molar-refractivity contribution is 7.89. The molecule has 0 aliphatic carbocycles. The van der Waals surface area contributed by atoms with Crippen molar-refractivity contribution < 1.29 is 27.5 Å². The van der Waals surface area contributed by atoms with Crippen molar-refractivity contribution in [3.05, 3.63) is 59.1 Å². The maximum absolute atomic E-state index is 12.2. The minimum absolute atomic E-state index is 0.0191. The Morgan fingerprint density at radius 2 is 1.67 bits per heavy atom. The molecule has 8 nitrogen and oxygen atoms in total. The lowest BCUT2D eigenvalue weighted by molar-refractivity contribution is -0.162. The number of nitrogens with one attached hydrogen (secondary N) is 1. The molecule has 2 aromatic carbocycles. The highest BCUT2D eigenvalue weighted by atomic mass is 35.5. The number of ether oxygens (including phenoxy) is 2. The lowest BCUT2D eigenvalue weighted by atomic mass is 10.1. The van der Waals surface area contributed by atoms with E-state index < -0.39 is 34.1 Å². The molecule has 0 spiro atoms. The van der Waals surface area contributed by atoms with E-state index in [2.05, 4.69) is 5.32 Å². The van der Waals surface area contributed by atoms with Gasteiger partial charge in [-0.2, -0.15) is 0 Å². The van der Waals surface area contributed by atoms with E-state index >= 15 is 0 Å². The number of rotatable bonds is 9. The Bertz CT molecular complexity index is 989. The zero-order valence-corrected chi connectivity index (χ0v) is 18.1. The Morgan fingerprint density at radius 1 is 1.07 bits per heavy atom. The van der Waals surface area contributed by atoms with Crippen LogP contribution in [0.15, 0.2) is 53.4 Å². The summed E-state index contributed by atoms with van der Waals surface area (Å²) in [6.45, 7) is 2.91. The lowest BCUT2D eigenvalue weighted by Crippen LogP contribution is -2.41. The molecule has 0 radical (unpaired) electrons. The van der Waals surface area contributed by atoms with E-state index in [0.717, 1.165) is 5.56 Å². The van der Waals surface area contributed by atoms with Crippen LogP contribution in [-0.4, -0.2) is 39.0 Å². The second-order valence-electron chi connectivity index (χ2n) is 6.93. The number of carbonyl (C=O) groups excluding carboxylic acids is 2. The van der Waals surface area contributed by atoms with Crippen molar-refractivity contribution >= 4 is 33.5 Å². The molecule has 2 rings (SSSR count). The van der Waals surface area contributed by atoms with Crippen LogP contribution in [0.25, 0.3) is 0 Å². The zero-order chi connectivity index (χ0) is 22.4. The summed E-state index contributed by atoms with van der Waals surface area (Å²) in [7, 11) is -3.74. The molecular weight excluding hydrogens is 432 g/mol. The number of hydrogen-bond donors (Lipinski definition) is 2. The van der Waals surface area contributed by atoms with Crippen LogP contribution in [0.3, 0.4) is 0 Å². The van der Waals surface area contributed by atoms with Crippen LogP contribution in [-0.2, 0) is 30.8 Å². The first kappa shape index (κ1) is 23.7. The Morgan fingerprint density at radius 3 is 2.23 bits per heavy atom. The highest BCUT2D eigenvalue weighted by Gasteiger charge is 2.32. The fourth-order valence-electron chi connectivity index (χ4n) is 2.39. The molecule has 0 aromatic heterocycles. The minimum atomic E-state index is -3.74. The number of nitrogens with two attached hydrogens (primary N) is 1. The predicted octanol–water partition coefficient (Wildman–Crippen LogP) is 2.05. The van der Waals surface area contributed by atoms with Gasteiger partial charge in [-0.15, -0.1) is 0 Å². The number of amides is 1. The van der Waals surface area contributed by atoms with Crippen LogP contribution in [0, 0.1) is 0 Å². The summed E-state index contributed by atoms with van der Waals surface area (Å²) in [6, 6.07) is 12.5. The third-order valence-electron chi connectivity index (χ3n) is 4.00. The lowest BCUT2D eigenvalue weighted by Gasteiger charge is -2.24. The van der Waals surface area contributed by atoms with Crippen molar-refractivity contribution in [1.29, 1.82) is 0 Å². The fraction of sp³-hybridized carbons (Fsp3) is 0.300. The van der Waals surface area contributed by atoms with Gasteiger partial charge in [-0.1, -0.05) is 23.7 Å². The van der Waals surface area contributed by atoms with E-state index in [1.807, 2.05) is 0 Å². The van der Waals surface area contributed by atoms with Gasteiger partial charge in [0.1, 0.15) is 5.75 Å². The van der Waals surface area contributed by atoms with Gasteiger partial charge in [-0.3, -0.25) is 4.79 Å². The smallest absolute Gasteiger partial charge is 0.350 e. The van der Waals surface area contributed by atoms with Gasteiger partial charge in [0.2, 0.25) is 10.0 Å². The van der Waals surface area contributed by atoms with Crippen LogP contribution >= 0.6 is 11.6 Å². The van der Waals surface area contributed by atoms with Crippen LogP contribution in [0.5, 0.6) is 5.75 Å². The molecule has 0 fully saturated rings. The van der Waals surface area contributed by atoms with Crippen molar-refractivity contribution in [2.75, 3.05) is 13.2 Å². The van der Waals surface area contributed by atoms with E-state index in [4.69, 9.17) is 26.2 Å². The Labute approximate surface area is 180 Å². The number of benzene rings is 2. The van der Waals surface area contributed by atoms with E-state index in [-0.39, 0.29) is 11.4 Å². The number of carbonyl (C=O) groups is 2. The number of esters is 1.